The molecule has 3 N–H and O–H groups in total. The molecule has 2 aliphatic heterocycles. The molecule has 5 amide bonds. The lowest BCUT2D eigenvalue weighted by Crippen LogP contribution is -2.72. The van der Waals surface area contributed by atoms with Crippen LogP contribution in [0, 0.1) is 5.92 Å². The number of halogens is 3. The zero-order valence-corrected chi connectivity index (χ0v) is 14.5. The fourth-order valence-electron chi connectivity index (χ4n) is 3.37. The van der Waals surface area contributed by atoms with E-state index in [1.807, 2.05) is 6.92 Å². The predicted molar refractivity (Wildman–Crippen MR) is 88.3 cm³/mol. The molecule has 2 saturated heterocycles. The number of imide groups is 1. The first kappa shape index (κ1) is 19.0. The molecule has 27 heavy (non-hydrogen) atoms. The van der Waals surface area contributed by atoms with Gasteiger partial charge in [-0.15, -0.1) is 0 Å². The molecule has 3 atom stereocenters. The highest BCUT2D eigenvalue weighted by Gasteiger charge is 2.49. The van der Waals surface area contributed by atoms with Gasteiger partial charge in [0, 0.05) is 6.54 Å². The number of alkyl halides is 3. The maximum Gasteiger partial charge on any atom is 0.416 e. The lowest BCUT2D eigenvalue weighted by molar-refractivity contribution is -0.137. The monoisotopic (exact) mass is 384 g/mol. The van der Waals surface area contributed by atoms with Crippen molar-refractivity contribution in [2.75, 3.05) is 6.54 Å². The molecule has 3 unspecified atom stereocenters. The molecule has 146 valence electrons. The number of fused-ring (bicyclic) bond motifs is 1. The van der Waals surface area contributed by atoms with Crippen molar-refractivity contribution in [2.45, 2.75) is 38.1 Å². The fraction of sp³-hybridized carbons (Fsp3) is 0.471. The van der Waals surface area contributed by atoms with E-state index in [-0.39, 0.29) is 0 Å². The number of benzene rings is 1. The van der Waals surface area contributed by atoms with E-state index < -0.39 is 47.8 Å². The van der Waals surface area contributed by atoms with Gasteiger partial charge >= 0.3 is 18.2 Å². The number of unbranched alkanes of at least 4 members (excludes halogenated alkanes) is 1. The van der Waals surface area contributed by atoms with Crippen molar-refractivity contribution >= 4 is 18.0 Å². The molecule has 1 aromatic carbocycles. The minimum atomic E-state index is -4.48. The van der Waals surface area contributed by atoms with Crippen LogP contribution in [0.25, 0.3) is 0 Å². The number of carbonyl (C=O) groups excluding carboxylic acids is 3. The number of hydrogen-bond donors (Lipinski definition) is 3. The summed E-state index contributed by atoms with van der Waals surface area (Å²) >= 11 is 0. The third kappa shape index (κ3) is 3.69. The van der Waals surface area contributed by atoms with E-state index in [9.17, 15) is 27.6 Å². The van der Waals surface area contributed by atoms with Gasteiger partial charge in [-0.05, 0) is 24.1 Å². The van der Waals surface area contributed by atoms with Gasteiger partial charge in [0.15, 0.2) is 0 Å². The summed E-state index contributed by atoms with van der Waals surface area (Å²) in [6, 6.07) is 2.22. The van der Waals surface area contributed by atoms with E-state index in [1.165, 1.54) is 17.0 Å². The maximum atomic E-state index is 12.8. The summed E-state index contributed by atoms with van der Waals surface area (Å²) in [7, 11) is 0. The van der Waals surface area contributed by atoms with E-state index in [0.29, 0.717) is 18.5 Å². The van der Waals surface area contributed by atoms with Crippen LogP contribution in [0.4, 0.5) is 22.8 Å². The van der Waals surface area contributed by atoms with Crippen LogP contribution in [0.2, 0.25) is 0 Å². The van der Waals surface area contributed by atoms with Crippen molar-refractivity contribution in [3.8, 4) is 0 Å². The smallest absolute Gasteiger partial charge is 0.330 e. The number of hydrogen-bond acceptors (Lipinski definition) is 3. The Kier molecular flexibility index (Phi) is 4.99. The van der Waals surface area contributed by atoms with Crippen molar-refractivity contribution in [3.05, 3.63) is 35.4 Å². The molecular weight excluding hydrogens is 365 g/mol. The number of nitrogens with one attached hydrogen (secondary N) is 3. The SMILES string of the molecule is CCCCN1C(=O)NC(=O)C2C(c3ccc(C(F)(F)F)cc3)NC(=O)NC21. The van der Waals surface area contributed by atoms with Gasteiger partial charge in [0.25, 0.3) is 0 Å². The molecule has 2 aliphatic rings. The molecule has 0 radical (unpaired) electrons. The Labute approximate surface area is 153 Å². The molecule has 0 aromatic heterocycles. The Bertz CT molecular complexity index is 751. The standard InChI is InChI=1S/C17H19F3N4O3/c1-2-3-8-24-13-11(14(25)23-16(24)27)12(21-15(26)22-13)9-4-6-10(7-5-9)17(18,19)20/h4-7,11-13H,2-3,8H2,1H3,(H2,21,22,26)(H,23,25,27). The van der Waals surface area contributed by atoms with Gasteiger partial charge in [0.2, 0.25) is 5.91 Å². The van der Waals surface area contributed by atoms with Crippen LogP contribution in [0.15, 0.2) is 24.3 Å². The molecule has 0 spiro atoms. The first-order valence-electron chi connectivity index (χ1n) is 8.58. The van der Waals surface area contributed by atoms with Crippen molar-refractivity contribution in [3.63, 3.8) is 0 Å². The summed E-state index contributed by atoms with van der Waals surface area (Å²) in [5, 5.41) is 7.43. The Morgan fingerprint density at radius 2 is 1.74 bits per heavy atom. The summed E-state index contributed by atoms with van der Waals surface area (Å²) in [5.41, 5.74) is -0.469. The van der Waals surface area contributed by atoms with Crippen LogP contribution >= 0.6 is 0 Å². The Morgan fingerprint density at radius 1 is 1.07 bits per heavy atom. The average molecular weight is 384 g/mol. The van der Waals surface area contributed by atoms with E-state index in [2.05, 4.69) is 16.0 Å². The summed E-state index contributed by atoms with van der Waals surface area (Å²) in [5.74, 6) is -1.45. The van der Waals surface area contributed by atoms with E-state index in [4.69, 9.17) is 0 Å². The minimum Gasteiger partial charge on any atom is -0.330 e. The van der Waals surface area contributed by atoms with E-state index in [1.54, 1.807) is 0 Å². The normalized spacial score (nSPS) is 25.4. The van der Waals surface area contributed by atoms with Gasteiger partial charge in [-0.2, -0.15) is 13.2 Å². The number of carbonyl (C=O) groups is 3. The number of nitrogens with zero attached hydrogens (tertiary/aromatic N) is 1. The summed E-state index contributed by atoms with van der Waals surface area (Å²) in [6.07, 6.45) is -3.86. The molecule has 7 nitrogen and oxygen atoms in total. The minimum absolute atomic E-state index is 0.344. The van der Waals surface area contributed by atoms with Gasteiger partial charge in [-0.25, -0.2) is 9.59 Å². The summed E-state index contributed by atoms with van der Waals surface area (Å²) in [6.45, 7) is 2.29. The molecule has 0 aliphatic carbocycles. The number of rotatable bonds is 4. The topological polar surface area (TPSA) is 90.5 Å². The quantitative estimate of drug-likeness (QED) is 0.744. The van der Waals surface area contributed by atoms with Gasteiger partial charge in [-0.3, -0.25) is 10.1 Å². The Morgan fingerprint density at radius 3 is 2.33 bits per heavy atom. The molecular formula is C17H19F3N4O3. The highest BCUT2D eigenvalue weighted by atomic mass is 19.4. The Hall–Kier alpha value is -2.78. The van der Waals surface area contributed by atoms with Crippen LogP contribution in [0.5, 0.6) is 0 Å². The molecule has 0 saturated carbocycles. The van der Waals surface area contributed by atoms with Crippen LogP contribution in [-0.2, 0) is 11.0 Å². The molecule has 3 rings (SSSR count). The second-order valence-electron chi connectivity index (χ2n) is 6.53. The first-order chi connectivity index (χ1) is 12.7. The molecule has 0 bridgehead atoms. The van der Waals surface area contributed by atoms with Crippen LogP contribution < -0.4 is 16.0 Å². The first-order valence-corrected chi connectivity index (χ1v) is 8.58. The third-order valence-corrected chi connectivity index (χ3v) is 4.74. The number of urea groups is 2. The highest BCUT2D eigenvalue weighted by molar-refractivity contribution is 6.00. The maximum absolute atomic E-state index is 12.8. The van der Waals surface area contributed by atoms with Crippen LogP contribution in [-0.4, -0.2) is 35.6 Å². The fourth-order valence-corrected chi connectivity index (χ4v) is 3.37. The lowest BCUT2D eigenvalue weighted by Gasteiger charge is -2.46. The highest BCUT2D eigenvalue weighted by Crippen LogP contribution is 2.34. The lowest BCUT2D eigenvalue weighted by atomic mass is 9.85. The zero-order valence-electron chi connectivity index (χ0n) is 14.5. The second-order valence-corrected chi connectivity index (χ2v) is 6.53. The van der Waals surface area contributed by atoms with Crippen molar-refractivity contribution < 1.29 is 27.6 Å². The third-order valence-electron chi connectivity index (χ3n) is 4.74. The van der Waals surface area contributed by atoms with Crippen molar-refractivity contribution in [1.29, 1.82) is 0 Å². The molecule has 1 aromatic rings. The van der Waals surface area contributed by atoms with Gasteiger partial charge in [0.1, 0.15) is 12.1 Å². The predicted octanol–water partition coefficient (Wildman–Crippen LogP) is 2.35. The Balaban J connectivity index is 1.92. The summed E-state index contributed by atoms with van der Waals surface area (Å²) < 4.78 is 38.3. The van der Waals surface area contributed by atoms with Crippen LogP contribution in [0.1, 0.15) is 36.9 Å². The summed E-state index contributed by atoms with van der Waals surface area (Å²) in [4.78, 5) is 38.1. The second kappa shape index (κ2) is 7.09. The molecule has 2 heterocycles. The van der Waals surface area contributed by atoms with Crippen LogP contribution in [0.3, 0.4) is 0 Å². The average Bonchev–Trinajstić information content (AvgIpc) is 2.60. The van der Waals surface area contributed by atoms with Crippen molar-refractivity contribution in [2.24, 2.45) is 5.92 Å². The van der Waals surface area contributed by atoms with Gasteiger partial charge in [-0.1, -0.05) is 25.5 Å². The van der Waals surface area contributed by atoms with E-state index in [0.717, 1.165) is 18.6 Å². The van der Waals surface area contributed by atoms with Gasteiger partial charge in [0.05, 0.1) is 11.6 Å². The van der Waals surface area contributed by atoms with Gasteiger partial charge < -0.3 is 15.5 Å². The zero-order chi connectivity index (χ0) is 19.8. The molecule has 10 heteroatoms. The largest absolute Gasteiger partial charge is 0.416 e. The molecule has 2 fully saturated rings. The van der Waals surface area contributed by atoms with Crippen molar-refractivity contribution in [1.82, 2.24) is 20.9 Å². The van der Waals surface area contributed by atoms with E-state index >= 15 is 0 Å². The number of amides is 5.